The van der Waals surface area contributed by atoms with Crippen molar-refractivity contribution in [1.29, 1.82) is 0 Å². The van der Waals surface area contributed by atoms with Gasteiger partial charge in [-0.3, -0.25) is 0 Å². The summed E-state index contributed by atoms with van der Waals surface area (Å²) in [7, 11) is 1.28. The normalized spacial score (nSPS) is 21.9. The lowest BCUT2D eigenvalue weighted by Crippen LogP contribution is -2.27. The molecule has 4 nitrogen and oxygen atoms in total. The number of nitrogen functional groups attached to an aromatic ring is 1. The summed E-state index contributed by atoms with van der Waals surface area (Å²) in [5, 5.41) is 3.89. The van der Waals surface area contributed by atoms with Crippen molar-refractivity contribution in [3.63, 3.8) is 0 Å². The molecule has 0 radical (unpaired) electrons. The second-order valence-corrected chi connectivity index (χ2v) is 6.40. The summed E-state index contributed by atoms with van der Waals surface area (Å²) in [6.07, 6.45) is 6.38. The van der Waals surface area contributed by atoms with Gasteiger partial charge in [0.05, 0.1) is 18.4 Å². The van der Waals surface area contributed by atoms with Crippen molar-refractivity contribution >= 4 is 29.1 Å². The first-order chi connectivity index (χ1) is 10.0. The number of hydrogen-bond acceptors (Lipinski definition) is 5. The fourth-order valence-electron chi connectivity index (χ4n) is 2.65. The molecule has 0 spiro atoms. The van der Waals surface area contributed by atoms with Gasteiger partial charge in [-0.05, 0) is 44.1 Å². The Kier molecular flexibility index (Phi) is 5.33. The predicted octanol–water partition coefficient (Wildman–Crippen LogP) is 3.28. The van der Waals surface area contributed by atoms with Gasteiger partial charge in [0.2, 0.25) is 0 Å². The number of benzene rings is 1. The Balaban J connectivity index is 2.11. The Bertz CT molecular complexity index is 517. The van der Waals surface area contributed by atoms with E-state index in [4.69, 9.17) is 5.73 Å². The van der Waals surface area contributed by atoms with Crippen LogP contribution in [0.2, 0.25) is 0 Å². The van der Waals surface area contributed by atoms with Gasteiger partial charge < -0.3 is 15.8 Å². The van der Waals surface area contributed by atoms with Crippen molar-refractivity contribution in [2.24, 2.45) is 0 Å². The van der Waals surface area contributed by atoms with E-state index in [0.717, 1.165) is 25.7 Å². The predicted molar refractivity (Wildman–Crippen MR) is 85.3 cm³/mol. The maximum Gasteiger partial charge on any atom is 0.340 e. The first-order valence-electron chi connectivity index (χ1n) is 7.01. The highest BCUT2D eigenvalue weighted by molar-refractivity contribution is 7.99. The Morgan fingerprint density at radius 1 is 1.38 bits per heavy atom. The first-order valence-corrected chi connectivity index (χ1v) is 8.30. The van der Waals surface area contributed by atoms with E-state index in [-0.39, 0.29) is 17.3 Å². The Labute approximate surface area is 128 Å². The number of anilines is 2. The van der Waals surface area contributed by atoms with Gasteiger partial charge in [-0.15, -0.1) is 0 Å². The van der Waals surface area contributed by atoms with Crippen molar-refractivity contribution in [1.82, 2.24) is 0 Å². The van der Waals surface area contributed by atoms with E-state index in [9.17, 15) is 9.18 Å². The number of esters is 1. The number of thioether (sulfide) groups is 1. The van der Waals surface area contributed by atoms with Gasteiger partial charge in [0.25, 0.3) is 0 Å². The quantitative estimate of drug-likeness (QED) is 0.660. The molecule has 1 aliphatic rings. The van der Waals surface area contributed by atoms with Crippen LogP contribution in [-0.2, 0) is 4.74 Å². The minimum Gasteiger partial charge on any atom is -0.465 e. The zero-order valence-corrected chi connectivity index (χ0v) is 13.1. The second-order valence-electron chi connectivity index (χ2n) is 5.26. The fourth-order valence-corrected chi connectivity index (χ4v) is 3.39. The summed E-state index contributed by atoms with van der Waals surface area (Å²) in [4.78, 5) is 11.6. The Morgan fingerprint density at radius 3 is 2.62 bits per heavy atom. The molecular formula is C15H21FN2O2S. The monoisotopic (exact) mass is 312 g/mol. The smallest absolute Gasteiger partial charge is 0.340 e. The van der Waals surface area contributed by atoms with E-state index in [2.05, 4.69) is 16.3 Å². The molecule has 1 saturated carbocycles. The van der Waals surface area contributed by atoms with E-state index >= 15 is 0 Å². The summed E-state index contributed by atoms with van der Waals surface area (Å²) >= 11 is 1.89. The second kappa shape index (κ2) is 7.02. The number of methoxy groups -OCH3 is 1. The summed E-state index contributed by atoms with van der Waals surface area (Å²) < 4.78 is 18.7. The minimum atomic E-state index is -0.554. The standard InChI is InChI=1S/C15H21FN2O2S/c1-20-15(19)11-7-14(12(16)8-13(11)17)18-9-3-5-10(21-2)6-4-9/h7-10,18H,3-6,17H2,1-2H3. The van der Waals surface area contributed by atoms with Crippen molar-refractivity contribution < 1.29 is 13.9 Å². The molecule has 0 saturated heterocycles. The highest BCUT2D eigenvalue weighted by Crippen LogP contribution is 2.30. The van der Waals surface area contributed by atoms with Crippen LogP contribution in [0, 0.1) is 5.82 Å². The third kappa shape index (κ3) is 3.81. The highest BCUT2D eigenvalue weighted by Gasteiger charge is 2.22. The highest BCUT2D eigenvalue weighted by atomic mass is 32.2. The Hall–Kier alpha value is -1.43. The van der Waals surface area contributed by atoms with Crippen LogP contribution in [0.5, 0.6) is 0 Å². The zero-order valence-electron chi connectivity index (χ0n) is 12.3. The van der Waals surface area contributed by atoms with Crippen molar-refractivity contribution in [3.05, 3.63) is 23.5 Å². The lowest BCUT2D eigenvalue weighted by Gasteiger charge is -2.29. The van der Waals surface area contributed by atoms with Crippen LogP contribution in [0.25, 0.3) is 0 Å². The van der Waals surface area contributed by atoms with Crippen molar-refractivity contribution in [2.75, 3.05) is 24.4 Å². The SMILES string of the molecule is COC(=O)c1cc(NC2CCC(SC)CC2)c(F)cc1N. The molecule has 0 aliphatic heterocycles. The number of nitrogens with two attached hydrogens (primary N) is 1. The molecule has 116 valence electrons. The van der Waals surface area contributed by atoms with Gasteiger partial charge in [0.15, 0.2) is 0 Å². The maximum absolute atomic E-state index is 14.0. The zero-order chi connectivity index (χ0) is 15.4. The number of carbonyl (C=O) groups is 1. The molecule has 0 aromatic heterocycles. The molecule has 1 aliphatic carbocycles. The van der Waals surface area contributed by atoms with E-state index in [0.29, 0.717) is 10.9 Å². The number of halogens is 1. The molecule has 1 aromatic carbocycles. The van der Waals surface area contributed by atoms with Crippen LogP contribution in [0.4, 0.5) is 15.8 Å². The maximum atomic E-state index is 14.0. The average molecular weight is 312 g/mol. The van der Waals surface area contributed by atoms with Crippen LogP contribution in [-0.4, -0.2) is 30.6 Å². The van der Waals surface area contributed by atoms with Crippen LogP contribution in [0.3, 0.4) is 0 Å². The number of nitrogens with one attached hydrogen (secondary N) is 1. The van der Waals surface area contributed by atoms with Crippen LogP contribution in [0.1, 0.15) is 36.0 Å². The molecule has 21 heavy (non-hydrogen) atoms. The molecule has 3 N–H and O–H groups in total. The van der Waals surface area contributed by atoms with Gasteiger partial charge in [-0.25, -0.2) is 9.18 Å². The average Bonchev–Trinajstić information content (AvgIpc) is 2.50. The van der Waals surface area contributed by atoms with Crippen molar-refractivity contribution in [2.45, 2.75) is 37.0 Å². The van der Waals surface area contributed by atoms with E-state index in [1.165, 1.54) is 19.2 Å². The number of rotatable bonds is 4. The fraction of sp³-hybridized carbons (Fsp3) is 0.533. The van der Waals surface area contributed by atoms with Gasteiger partial charge in [-0.2, -0.15) is 11.8 Å². The summed E-state index contributed by atoms with van der Waals surface area (Å²) in [6.45, 7) is 0. The molecule has 0 unspecified atom stereocenters. The number of ether oxygens (including phenoxy) is 1. The summed E-state index contributed by atoms with van der Waals surface area (Å²) in [5.74, 6) is -0.992. The minimum absolute atomic E-state index is 0.0935. The van der Waals surface area contributed by atoms with E-state index < -0.39 is 11.8 Å². The molecule has 0 bridgehead atoms. The molecule has 1 fully saturated rings. The van der Waals surface area contributed by atoms with Crippen molar-refractivity contribution in [3.8, 4) is 0 Å². The summed E-state index contributed by atoms with van der Waals surface area (Å²) in [6, 6.07) is 2.84. The summed E-state index contributed by atoms with van der Waals surface area (Å²) in [5.41, 5.74) is 6.27. The van der Waals surface area contributed by atoms with Gasteiger partial charge in [0, 0.05) is 17.0 Å². The molecule has 0 heterocycles. The topological polar surface area (TPSA) is 64.3 Å². The van der Waals surface area contributed by atoms with Crippen LogP contribution >= 0.6 is 11.8 Å². The number of hydrogen-bond donors (Lipinski definition) is 2. The molecular weight excluding hydrogens is 291 g/mol. The molecule has 2 rings (SSSR count). The van der Waals surface area contributed by atoms with Crippen LogP contribution < -0.4 is 11.1 Å². The van der Waals surface area contributed by atoms with Crippen LogP contribution in [0.15, 0.2) is 12.1 Å². The Morgan fingerprint density at radius 2 is 2.05 bits per heavy atom. The molecule has 6 heteroatoms. The van der Waals surface area contributed by atoms with Gasteiger partial charge >= 0.3 is 5.97 Å². The van der Waals surface area contributed by atoms with E-state index in [1.807, 2.05) is 11.8 Å². The molecule has 0 atom stereocenters. The number of carbonyl (C=O) groups excluding carboxylic acids is 1. The largest absolute Gasteiger partial charge is 0.465 e. The lowest BCUT2D eigenvalue weighted by atomic mass is 9.94. The first kappa shape index (κ1) is 15.9. The van der Waals surface area contributed by atoms with Gasteiger partial charge in [-0.1, -0.05) is 0 Å². The molecule has 0 amide bonds. The lowest BCUT2D eigenvalue weighted by molar-refractivity contribution is 0.0602. The molecule has 1 aromatic rings. The van der Waals surface area contributed by atoms with Gasteiger partial charge in [0.1, 0.15) is 5.82 Å². The third-order valence-electron chi connectivity index (χ3n) is 3.91. The third-order valence-corrected chi connectivity index (χ3v) is 5.05. The van der Waals surface area contributed by atoms with E-state index in [1.54, 1.807) is 0 Å².